The summed E-state index contributed by atoms with van der Waals surface area (Å²) in [7, 11) is 2.22. The molecule has 0 aromatic rings. The summed E-state index contributed by atoms with van der Waals surface area (Å²) in [6.45, 7) is 15.2. The maximum atomic E-state index is 5.76. The Balaban J connectivity index is 2.17. The fraction of sp³-hybridized carbons (Fsp3) is 1.00. The first-order valence-corrected chi connectivity index (χ1v) is 7.35. The molecule has 0 radical (unpaired) electrons. The summed E-state index contributed by atoms with van der Waals surface area (Å²) in [6.07, 6.45) is 0.370. The van der Waals surface area contributed by atoms with Gasteiger partial charge in [0, 0.05) is 39.3 Å². The molecule has 1 rings (SSSR count). The Morgan fingerprint density at radius 3 is 2.89 bits per heavy atom. The lowest BCUT2D eigenvalue weighted by atomic mass is 10.2. The van der Waals surface area contributed by atoms with Gasteiger partial charge in [0.1, 0.15) is 0 Å². The van der Waals surface area contributed by atoms with Gasteiger partial charge in [0.25, 0.3) is 0 Å². The van der Waals surface area contributed by atoms with Crippen LogP contribution in [-0.4, -0.2) is 75.4 Å². The standard InChI is InChI=1S/C14H31N3O/c1-5-15-10-14-12-17(8-9-18-14)7-6-16(4)11-13(2)3/h13-15H,5-12H2,1-4H3/t14-/m0/s1. The molecule has 1 N–H and O–H groups in total. The number of nitrogens with zero attached hydrogens (tertiary/aromatic N) is 2. The first kappa shape index (κ1) is 15.9. The minimum Gasteiger partial charge on any atom is -0.374 e. The number of hydrogen-bond donors (Lipinski definition) is 1. The zero-order chi connectivity index (χ0) is 13.4. The second-order valence-corrected chi connectivity index (χ2v) is 5.76. The third kappa shape index (κ3) is 6.69. The summed E-state index contributed by atoms with van der Waals surface area (Å²) < 4.78 is 5.76. The van der Waals surface area contributed by atoms with Crippen LogP contribution in [0.1, 0.15) is 20.8 Å². The van der Waals surface area contributed by atoms with Crippen molar-refractivity contribution in [1.82, 2.24) is 15.1 Å². The Morgan fingerprint density at radius 2 is 2.22 bits per heavy atom. The molecule has 0 amide bonds. The van der Waals surface area contributed by atoms with E-state index in [1.807, 2.05) is 0 Å². The Hall–Kier alpha value is -0.160. The third-order valence-electron chi connectivity index (χ3n) is 3.32. The molecule has 4 heteroatoms. The zero-order valence-corrected chi connectivity index (χ0v) is 12.6. The highest BCUT2D eigenvalue weighted by molar-refractivity contribution is 4.74. The molecule has 0 aromatic carbocycles. The molecule has 0 bridgehead atoms. The van der Waals surface area contributed by atoms with Gasteiger partial charge >= 0.3 is 0 Å². The normalized spacial score (nSPS) is 22.0. The minimum atomic E-state index is 0.370. The number of likely N-dealkylation sites (N-methyl/N-ethyl adjacent to an activating group) is 2. The van der Waals surface area contributed by atoms with Crippen LogP contribution in [-0.2, 0) is 4.74 Å². The molecular formula is C14H31N3O. The van der Waals surface area contributed by atoms with Crippen LogP contribution in [0.25, 0.3) is 0 Å². The molecule has 108 valence electrons. The summed E-state index contributed by atoms with van der Waals surface area (Å²) in [6, 6.07) is 0. The highest BCUT2D eigenvalue weighted by Crippen LogP contribution is 2.05. The average Bonchev–Trinajstić information content (AvgIpc) is 2.33. The molecule has 18 heavy (non-hydrogen) atoms. The Bertz CT molecular complexity index is 211. The summed E-state index contributed by atoms with van der Waals surface area (Å²) in [5, 5.41) is 3.37. The molecule has 0 aromatic heterocycles. The largest absolute Gasteiger partial charge is 0.374 e. The maximum Gasteiger partial charge on any atom is 0.0826 e. The number of rotatable bonds is 8. The summed E-state index contributed by atoms with van der Waals surface area (Å²) in [4.78, 5) is 4.96. The van der Waals surface area contributed by atoms with E-state index in [-0.39, 0.29) is 0 Å². The van der Waals surface area contributed by atoms with Crippen LogP contribution in [0.15, 0.2) is 0 Å². The van der Waals surface area contributed by atoms with Crippen molar-refractivity contribution >= 4 is 0 Å². The third-order valence-corrected chi connectivity index (χ3v) is 3.32. The van der Waals surface area contributed by atoms with Crippen LogP contribution in [0, 0.1) is 5.92 Å². The Morgan fingerprint density at radius 1 is 1.44 bits per heavy atom. The van der Waals surface area contributed by atoms with E-state index in [0.29, 0.717) is 6.10 Å². The maximum absolute atomic E-state index is 5.76. The molecule has 1 heterocycles. The van der Waals surface area contributed by atoms with Gasteiger partial charge in [0.05, 0.1) is 12.7 Å². The van der Waals surface area contributed by atoms with Crippen LogP contribution in [0.5, 0.6) is 0 Å². The lowest BCUT2D eigenvalue weighted by Gasteiger charge is -2.34. The van der Waals surface area contributed by atoms with Crippen molar-refractivity contribution in [3.63, 3.8) is 0 Å². The van der Waals surface area contributed by atoms with E-state index >= 15 is 0 Å². The number of ether oxygens (including phenoxy) is 1. The minimum absolute atomic E-state index is 0.370. The number of nitrogens with one attached hydrogen (secondary N) is 1. The van der Waals surface area contributed by atoms with E-state index in [9.17, 15) is 0 Å². The Kier molecular flexibility index (Phi) is 7.82. The quantitative estimate of drug-likeness (QED) is 0.699. The van der Waals surface area contributed by atoms with Crippen molar-refractivity contribution in [3.8, 4) is 0 Å². The van der Waals surface area contributed by atoms with E-state index in [4.69, 9.17) is 4.74 Å². The molecule has 4 nitrogen and oxygen atoms in total. The highest BCUT2D eigenvalue weighted by atomic mass is 16.5. The Labute approximate surface area is 113 Å². The molecule has 1 aliphatic rings. The molecule has 0 spiro atoms. The van der Waals surface area contributed by atoms with Gasteiger partial charge in [-0.05, 0) is 19.5 Å². The topological polar surface area (TPSA) is 27.7 Å². The highest BCUT2D eigenvalue weighted by Gasteiger charge is 2.19. The lowest BCUT2D eigenvalue weighted by molar-refractivity contribution is -0.0286. The molecule has 0 saturated carbocycles. The van der Waals surface area contributed by atoms with Gasteiger partial charge in [-0.25, -0.2) is 0 Å². The second-order valence-electron chi connectivity index (χ2n) is 5.76. The van der Waals surface area contributed by atoms with Crippen molar-refractivity contribution in [2.45, 2.75) is 26.9 Å². The molecule has 1 saturated heterocycles. The van der Waals surface area contributed by atoms with Gasteiger partial charge in [0.15, 0.2) is 0 Å². The second kappa shape index (κ2) is 8.86. The molecule has 1 aliphatic heterocycles. The predicted molar refractivity (Wildman–Crippen MR) is 77.1 cm³/mol. The van der Waals surface area contributed by atoms with Gasteiger partial charge in [-0.3, -0.25) is 4.90 Å². The van der Waals surface area contributed by atoms with Gasteiger partial charge in [0.2, 0.25) is 0 Å². The van der Waals surface area contributed by atoms with Crippen LogP contribution < -0.4 is 5.32 Å². The van der Waals surface area contributed by atoms with Crippen LogP contribution in [0.4, 0.5) is 0 Å². The van der Waals surface area contributed by atoms with Crippen molar-refractivity contribution in [3.05, 3.63) is 0 Å². The zero-order valence-electron chi connectivity index (χ0n) is 12.6. The molecular weight excluding hydrogens is 226 g/mol. The van der Waals surface area contributed by atoms with Gasteiger partial charge in [-0.2, -0.15) is 0 Å². The molecule has 1 fully saturated rings. The lowest BCUT2D eigenvalue weighted by Crippen LogP contribution is -2.48. The van der Waals surface area contributed by atoms with Crippen molar-refractivity contribution in [2.75, 3.05) is 59.5 Å². The number of morpholine rings is 1. The number of hydrogen-bond acceptors (Lipinski definition) is 4. The van der Waals surface area contributed by atoms with Gasteiger partial charge in [-0.15, -0.1) is 0 Å². The SMILES string of the molecule is CCNC[C@H]1CN(CCN(C)CC(C)C)CCO1. The van der Waals surface area contributed by atoms with Crippen molar-refractivity contribution in [2.24, 2.45) is 5.92 Å². The van der Waals surface area contributed by atoms with Crippen LogP contribution >= 0.6 is 0 Å². The monoisotopic (exact) mass is 257 g/mol. The first-order chi connectivity index (χ1) is 8.61. The molecule has 1 atom stereocenters. The van der Waals surface area contributed by atoms with E-state index in [2.05, 4.69) is 42.9 Å². The van der Waals surface area contributed by atoms with Crippen LogP contribution in [0.2, 0.25) is 0 Å². The molecule has 0 aliphatic carbocycles. The summed E-state index contributed by atoms with van der Waals surface area (Å²) in [5.74, 6) is 0.751. The van der Waals surface area contributed by atoms with Gasteiger partial charge < -0.3 is 15.0 Å². The van der Waals surface area contributed by atoms with Gasteiger partial charge in [-0.1, -0.05) is 20.8 Å². The molecule has 0 unspecified atom stereocenters. The summed E-state index contributed by atoms with van der Waals surface area (Å²) >= 11 is 0. The summed E-state index contributed by atoms with van der Waals surface area (Å²) in [5.41, 5.74) is 0. The van der Waals surface area contributed by atoms with Crippen molar-refractivity contribution < 1.29 is 4.74 Å². The van der Waals surface area contributed by atoms with E-state index < -0.39 is 0 Å². The fourth-order valence-corrected chi connectivity index (χ4v) is 2.44. The average molecular weight is 257 g/mol. The van der Waals surface area contributed by atoms with Crippen molar-refractivity contribution in [1.29, 1.82) is 0 Å². The van der Waals surface area contributed by atoms with E-state index in [0.717, 1.165) is 51.8 Å². The smallest absolute Gasteiger partial charge is 0.0826 e. The predicted octanol–water partition coefficient (Wildman–Crippen LogP) is 0.885. The van der Waals surface area contributed by atoms with E-state index in [1.54, 1.807) is 0 Å². The van der Waals surface area contributed by atoms with E-state index in [1.165, 1.54) is 6.54 Å². The van der Waals surface area contributed by atoms with Crippen LogP contribution in [0.3, 0.4) is 0 Å². The fourth-order valence-electron chi connectivity index (χ4n) is 2.44. The first-order valence-electron chi connectivity index (χ1n) is 7.35.